The van der Waals surface area contributed by atoms with E-state index in [1.165, 1.54) is 12.1 Å². The van der Waals surface area contributed by atoms with Crippen LogP contribution in [0.15, 0.2) is 29.3 Å². The van der Waals surface area contributed by atoms with Gasteiger partial charge in [-0.3, -0.25) is 4.99 Å². The van der Waals surface area contributed by atoms with Gasteiger partial charge in [-0.2, -0.15) is 0 Å². The highest BCUT2D eigenvalue weighted by Gasteiger charge is 2.31. The molecule has 8 heteroatoms. The second-order valence-corrected chi connectivity index (χ2v) is 4.35. The molecule has 0 aliphatic rings. The molecule has 0 bridgehead atoms. The van der Waals surface area contributed by atoms with E-state index >= 15 is 0 Å². The van der Waals surface area contributed by atoms with Crippen LogP contribution < -0.4 is 15.4 Å². The zero-order valence-electron chi connectivity index (χ0n) is 12.5. The lowest BCUT2D eigenvalue weighted by atomic mass is 10.2. The summed E-state index contributed by atoms with van der Waals surface area (Å²) in [4.78, 5) is 4.00. The van der Waals surface area contributed by atoms with E-state index in [4.69, 9.17) is 4.74 Å². The molecule has 0 spiro atoms. The molecule has 124 valence electrons. The predicted octanol–water partition coefficient (Wildman–Crippen LogP) is 2.29. The first-order valence-corrected chi connectivity index (χ1v) is 6.73. The maximum Gasteiger partial charge on any atom is 0.573 e. The van der Waals surface area contributed by atoms with Crippen LogP contribution in [0.3, 0.4) is 0 Å². The smallest absolute Gasteiger partial charge is 0.405 e. The topological polar surface area (TPSA) is 54.9 Å². The van der Waals surface area contributed by atoms with E-state index in [9.17, 15) is 13.2 Å². The summed E-state index contributed by atoms with van der Waals surface area (Å²) in [6.45, 7) is 1.43. The SMILES string of the molecule is CN=C(NCCCOC)NCc1ccccc1OC(F)(F)F. The molecule has 2 N–H and O–H groups in total. The van der Waals surface area contributed by atoms with Crippen LogP contribution in [0.2, 0.25) is 0 Å². The highest BCUT2D eigenvalue weighted by atomic mass is 19.4. The zero-order chi connectivity index (χ0) is 16.4. The number of benzene rings is 1. The molecule has 0 saturated heterocycles. The van der Waals surface area contributed by atoms with Gasteiger partial charge >= 0.3 is 6.36 Å². The Morgan fingerprint density at radius 1 is 1.23 bits per heavy atom. The lowest BCUT2D eigenvalue weighted by Gasteiger charge is -2.15. The third-order valence-corrected chi connectivity index (χ3v) is 2.69. The van der Waals surface area contributed by atoms with Gasteiger partial charge in [0.1, 0.15) is 5.75 Å². The van der Waals surface area contributed by atoms with Gasteiger partial charge in [-0.15, -0.1) is 13.2 Å². The Morgan fingerprint density at radius 3 is 2.59 bits per heavy atom. The van der Waals surface area contributed by atoms with E-state index in [1.807, 2.05) is 0 Å². The number of nitrogens with one attached hydrogen (secondary N) is 2. The first kappa shape index (κ1) is 18.1. The third-order valence-electron chi connectivity index (χ3n) is 2.69. The van der Waals surface area contributed by atoms with Gasteiger partial charge < -0.3 is 20.1 Å². The van der Waals surface area contributed by atoms with Crippen molar-refractivity contribution in [3.63, 3.8) is 0 Å². The van der Waals surface area contributed by atoms with E-state index in [0.717, 1.165) is 6.42 Å². The largest absolute Gasteiger partial charge is 0.573 e. The monoisotopic (exact) mass is 319 g/mol. The maximum atomic E-state index is 12.3. The van der Waals surface area contributed by atoms with Crippen LogP contribution in [0.25, 0.3) is 0 Å². The lowest BCUT2D eigenvalue weighted by molar-refractivity contribution is -0.274. The summed E-state index contributed by atoms with van der Waals surface area (Å²) in [5.41, 5.74) is 0.389. The van der Waals surface area contributed by atoms with Gasteiger partial charge in [0.15, 0.2) is 5.96 Å². The molecule has 0 aliphatic carbocycles. The van der Waals surface area contributed by atoms with Crippen LogP contribution in [0.5, 0.6) is 5.75 Å². The van der Waals surface area contributed by atoms with Gasteiger partial charge in [0.2, 0.25) is 0 Å². The number of nitrogens with zero attached hydrogens (tertiary/aromatic N) is 1. The number of aliphatic imine (C=N–C) groups is 1. The van der Waals surface area contributed by atoms with Gasteiger partial charge in [-0.1, -0.05) is 18.2 Å². The van der Waals surface area contributed by atoms with Crippen LogP contribution in [-0.4, -0.2) is 39.6 Å². The fourth-order valence-electron chi connectivity index (χ4n) is 1.70. The minimum Gasteiger partial charge on any atom is -0.405 e. The molecule has 1 aromatic carbocycles. The summed E-state index contributed by atoms with van der Waals surface area (Å²) < 4.78 is 45.9. The van der Waals surface area contributed by atoms with Crippen molar-refractivity contribution in [3.8, 4) is 5.75 Å². The minimum absolute atomic E-state index is 0.163. The van der Waals surface area contributed by atoms with E-state index in [-0.39, 0.29) is 12.3 Å². The molecule has 0 amide bonds. The standard InChI is InChI=1S/C14H20F3N3O2/c1-18-13(19-8-5-9-21-2)20-10-11-6-3-4-7-12(11)22-14(15,16)17/h3-4,6-7H,5,8-10H2,1-2H3,(H2,18,19,20). The molecule has 5 nitrogen and oxygen atoms in total. The van der Waals surface area contributed by atoms with E-state index < -0.39 is 6.36 Å². The molecule has 1 aromatic rings. The normalized spacial score (nSPS) is 12.1. The number of alkyl halides is 3. The Labute approximate surface area is 127 Å². The molecule has 1 rings (SSSR count). The number of hydrogen-bond donors (Lipinski definition) is 2. The quantitative estimate of drug-likeness (QED) is 0.460. The van der Waals surface area contributed by atoms with E-state index in [2.05, 4.69) is 20.4 Å². The fourth-order valence-corrected chi connectivity index (χ4v) is 1.70. The average molecular weight is 319 g/mol. The Morgan fingerprint density at radius 2 is 1.95 bits per heavy atom. The molecule has 0 aromatic heterocycles. The number of guanidine groups is 1. The van der Waals surface area contributed by atoms with Crippen molar-refractivity contribution < 1.29 is 22.6 Å². The van der Waals surface area contributed by atoms with Crippen LogP contribution in [0.4, 0.5) is 13.2 Å². The number of methoxy groups -OCH3 is 1. The summed E-state index contributed by atoms with van der Waals surface area (Å²) in [5, 5.41) is 5.98. The van der Waals surface area contributed by atoms with Gasteiger partial charge in [-0.25, -0.2) is 0 Å². The van der Waals surface area contributed by atoms with Gasteiger partial charge in [0.25, 0.3) is 0 Å². The Hall–Kier alpha value is -1.96. The van der Waals surface area contributed by atoms with Gasteiger partial charge in [0.05, 0.1) is 0 Å². The number of halogens is 3. The Kier molecular flexibility index (Phi) is 7.51. The molecule has 0 atom stereocenters. The molecule has 0 fully saturated rings. The predicted molar refractivity (Wildman–Crippen MR) is 77.8 cm³/mol. The van der Waals surface area contributed by atoms with Crippen molar-refractivity contribution in [2.75, 3.05) is 27.3 Å². The highest BCUT2D eigenvalue weighted by molar-refractivity contribution is 5.79. The van der Waals surface area contributed by atoms with E-state index in [0.29, 0.717) is 24.7 Å². The van der Waals surface area contributed by atoms with Crippen LogP contribution in [-0.2, 0) is 11.3 Å². The van der Waals surface area contributed by atoms with Crippen LogP contribution in [0, 0.1) is 0 Å². The van der Waals surface area contributed by atoms with Crippen molar-refractivity contribution in [2.24, 2.45) is 4.99 Å². The third kappa shape index (κ3) is 7.16. The molecule has 0 radical (unpaired) electrons. The van der Waals surface area contributed by atoms with Crippen molar-refractivity contribution in [2.45, 2.75) is 19.3 Å². The number of ether oxygens (including phenoxy) is 2. The highest BCUT2D eigenvalue weighted by Crippen LogP contribution is 2.25. The average Bonchev–Trinajstić information content (AvgIpc) is 2.46. The molecular formula is C14H20F3N3O2. The summed E-state index contributed by atoms with van der Waals surface area (Å²) in [5.74, 6) is 0.273. The first-order chi connectivity index (χ1) is 10.5. The van der Waals surface area contributed by atoms with Crippen molar-refractivity contribution >= 4 is 5.96 Å². The fraction of sp³-hybridized carbons (Fsp3) is 0.500. The van der Waals surface area contributed by atoms with Crippen LogP contribution >= 0.6 is 0 Å². The van der Waals surface area contributed by atoms with Crippen molar-refractivity contribution in [1.29, 1.82) is 0 Å². The molecule has 0 aliphatic heterocycles. The second-order valence-electron chi connectivity index (χ2n) is 4.35. The Balaban J connectivity index is 2.55. The minimum atomic E-state index is -4.71. The number of hydrogen-bond acceptors (Lipinski definition) is 3. The summed E-state index contributed by atoms with van der Waals surface area (Å²) >= 11 is 0. The molecule has 0 heterocycles. The first-order valence-electron chi connectivity index (χ1n) is 6.73. The molecule has 0 unspecified atom stereocenters. The molecule has 0 saturated carbocycles. The van der Waals surface area contributed by atoms with Crippen molar-refractivity contribution in [3.05, 3.63) is 29.8 Å². The summed E-state index contributed by atoms with van der Waals surface area (Å²) in [6, 6.07) is 5.98. The Bertz CT molecular complexity index is 479. The number of rotatable bonds is 7. The zero-order valence-corrected chi connectivity index (χ0v) is 12.5. The summed E-state index contributed by atoms with van der Waals surface area (Å²) in [6.07, 6.45) is -3.92. The van der Waals surface area contributed by atoms with Gasteiger partial charge in [0, 0.05) is 39.4 Å². The van der Waals surface area contributed by atoms with Crippen molar-refractivity contribution in [1.82, 2.24) is 10.6 Å². The maximum absolute atomic E-state index is 12.3. The van der Waals surface area contributed by atoms with Crippen LogP contribution in [0.1, 0.15) is 12.0 Å². The summed E-state index contributed by atoms with van der Waals surface area (Å²) in [7, 11) is 3.20. The lowest BCUT2D eigenvalue weighted by Crippen LogP contribution is -2.37. The second kappa shape index (κ2) is 9.14. The van der Waals surface area contributed by atoms with Gasteiger partial charge in [-0.05, 0) is 12.5 Å². The number of para-hydroxylation sites is 1. The van der Waals surface area contributed by atoms with E-state index in [1.54, 1.807) is 26.3 Å². The molecular weight excluding hydrogens is 299 g/mol. The molecule has 22 heavy (non-hydrogen) atoms.